The van der Waals surface area contributed by atoms with E-state index in [2.05, 4.69) is 20.8 Å². The summed E-state index contributed by atoms with van der Waals surface area (Å²) in [6.07, 6.45) is 7.10. The number of likely N-dealkylation sites (tertiary alicyclic amines) is 1. The van der Waals surface area contributed by atoms with Gasteiger partial charge >= 0.3 is 6.09 Å². The van der Waals surface area contributed by atoms with Crippen molar-refractivity contribution in [1.82, 2.24) is 20.4 Å². The fourth-order valence-electron chi connectivity index (χ4n) is 3.67. The first kappa shape index (κ1) is 19.4. The first-order chi connectivity index (χ1) is 13.2. The Balaban J connectivity index is 1.45. The topological polar surface area (TPSA) is 96.5 Å². The Kier molecular flexibility index (Phi) is 6.84. The van der Waals surface area contributed by atoms with E-state index in [9.17, 15) is 9.59 Å². The number of hydrogen-bond donors (Lipinski definition) is 2. The van der Waals surface area contributed by atoms with E-state index < -0.39 is 0 Å². The molecule has 2 N–H and O–H groups in total. The molecule has 0 radical (unpaired) electrons. The fraction of sp³-hybridized carbons (Fsp3) is 0.684. The number of amides is 2. The van der Waals surface area contributed by atoms with Crippen LogP contribution in [0.1, 0.15) is 62.4 Å². The van der Waals surface area contributed by atoms with Gasteiger partial charge < -0.3 is 20.3 Å². The molecule has 1 saturated heterocycles. The zero-order chi connectivity index (χ0) is 19.1. The van der Waals surface area contributed by atoms with E-state index in [0.717, 1.165) is 25.7 Å². The van der Waals surface area contributed by atoms with Crippen molar-refractivity contribution in [2.75, 3.05) is 25.0 Å². The second kappa shape index (κ2) is 9.53. The molecule has 2 heterocycles. The van der Waals surface area contributed by atoms with Crippen LogP contribution in [0.25, 0.3) is 0 Å². The summed E-state index contributed by atoms with van der Waals surface area (Å²) in [5.74, 6) is 0.502. The Morgan fingerprint density at radius 2 is 1.81 bits per heavy atom. The third-order valence-electron chi connectivity index (χ3n) is 5.21. The van der Waals surface area contributed by atoms with Crippen LogP contribution in [0.2, 0.25) is 0 Å². The predicted octanol–water partition coefficient (Wildman–Crippen LogP) is 2.57. The van der Waals surface area contributed by atoms with Gasteiger partial charge in [-0.2, -0.15) is 0 Å². The molecular formula is C19H29N5O3. The van der Waals surface area contributed by atoms with Gasteiger partial charge in [0.1, 0.15) is 5.82 Å². The van der Waals surface area contributed by atoms with Crippen LogP contribution in [0.5, 0.6) is 0 Å². The van der Waals surface area contributed by atoms with Crippen LogP contribution in [0.15, 0.2) is 12.1 Å². The minimum atomic E-state index is -0.246. The van der Waals surface area contributed by atoms with Gasteiger partial charge in [0.15, 0.2) is 5.69 Å². The van der Waals surface area contributed by atoms with E-state index in [-0.39, 0.29) is 24.1 Å². The fourth-order valence-corrected chi connectivity index (χ4v) is 3.67. The smallest absolute Gasteiger partial charge is 0.409 e. The average molecular weight is 375 g/mol. The number of nitrogens with one attached hydrogen (secondary N) is 2. The molecule has 1 saturated carbocycles. The largest absolute Gasteiger partial charge is 0.450 e. The van der Waals surface area contributed by atoms with Gasteiger partial charge in [0.05, 0.1) is 6.61 Å². The van der Waals surface area contributed by atoms with Crippen LogP contribution in [-0.2, 0) is 4.74 Å². The van der Waals surface area contributed by atoms with Crippen molar-refractivity contribution in [2.45, 2.75) is 64.0 Å². The Labute approximate surface area is 160 Å². The molecule has 8 nitrogen and oxygen atoms in total. The van der Waals surface area contributed by atoms with Gasteiger partial charge in [0.2, 0.25) is 0 Å². The van der Waals surface area contributed by atoms with Crippen molar-refractivity contribution < 1.29 is 14.3 Å². The Morgan fingerprint density at radius 3 is 2.44 bits per heavy atom. The van der Waals surface area contributed by atoms with Crippen LogP contribution < -0.4 is 10.6 Å². The van der Waals surface area contributed by atoms with Crippen molar-refractivity contribution in [3.8, 4) is 0 Å². The molecule has 1 aliphatic carbocycles. The maximum atomic E-state index is 12.3. The predicted molar refractivity (Wildman–Crippen MR) is 102 cm³/mol. The maximum Gasteiger partial charge on any atom is 0.409 e. The van der Waals surface area contributed by atoms with Crippen molar-refractivity contribution in [3.05, 3.63) is 17.8 Å². The van der Waals surface area contributed by atoms with Gasteiger partial charge in [0, 0.05) is 25.2 Å². The summed E-state index contributed by atoms with van der Waals surface area (Å²) in [7, 11) is 0. The number of hydrogen-bond acceptors (Lipinski definition) is 6. The van der Waals surface area contributed by atoms with Crippen LogP contribution in [-0.4, -0.2) is 58.9 Å². The highest BCUT2D eigenvalue weighted by Crippen LogP contribution is 2.18. The van der Waals surface area contributed by atoms with E-state index in [1.165, 1.54) is 19.3 Å². The molecule has 8 heteroatoms. The molecule has 0 aromatic carbocycles. The van der Waals surface area contributed by atoms with Gasteiger partial charge in [-0.05, 0) is 44.7 Å². The van der Waals surface area contributed by atoms with Gasteiger partial charge in [-0.1, -0.05) is 19.3 Å². The third-order valence-corrected chi connectivity index (χ3v) is 5.21. The van der Waals surface area contributed by atoms with Crippen LogP contribution in [0.3, 0.4) is 0 Å². The van der Waals surface area contributed by atoms with E-state index >= 15 is 0 Å². The lowest BCUT2D eigenvalue weighted by Gasteiger charge is -2.31. The van der Waals surface area contributed by atoms with E-state index in [4.69, 9.17) is 4.74 Å². The molecule has 1 aliphatic heterocycles. The normalized spacial score (nSPS) is 18.8. The van der Waals surface area contributed by atoms with Crippen LogP contribution in [0, 0.1) is 0 Å². The summed E-state index contributed by atoms with van der Waals surface area (Å²) in [5, 5.41) is 14.6. The average Bonchev–Trinajstić information content (AvgIpc) is 2.70. The summed E-state index contributed by atoms with van der Waals surface area (Å²) in [5.41, 5.74) is 0.350. The highest BCUT2D eigenvalue weighted by Gasteiger charge is 2.24. The quantitative estimate of drug-likeness (QED) is 0.821. The van der Waals surface area contributed by atoms with Crippen LogP contribution >= 0.6 is 0 Å². The molecule has 0 bridgehead atoms. The van der Waals surface area contributed by atoms with Crippen LogP contribution in [0.4, 0.5) is 10.6 Å². The lowest BCUT2D eigenvalue weighted by atomic mass is 9.95. The van der Waals surface area contributed by atoms with Gasteiger partial charge in [-0.15, -0.1) is 10.2 Å². The zero-order valence-corrected chi connectivity index (χ0v) is 15.9. The van der Waals surface area contributed by atoms with E-state index in [0.29, 0.717) is 31.2 Å². The number of carbonyl (C=O) groups excluding carboxylic acids is 2. The monoisotopic (exact) mass is 375 g/mol. The third kappa shape index (κ3) is 5.55. The van der Waals surface area contributed by atoms with Crippen molar-refractivity contribution in [3.63, 3.8) is 0 Å². The molecule has 27 heavy (non-hydrogen) atoms. The van der Waals surface area contributed by atoms with E-state index in [1.54, 1.807) is 17.0 Å². The summed E-state index contributed by atoms with van der Waals surface area (Å²) in [6.45, 7) is 3.52. The number of nitrogens with zero attached hydrogens (tertiary/aromatic N) is 3. The SMILES string of the molecule is CCOC(=O)N1CCC(Nc2ccc(C(=O)NC3CCCCC3)nn2)CC1. The number of ether oxygens (including phenoxy) is 1. The summed E-state index contributed by atoms with van der Waals surface area (Å²) in [4.78, 5) is 25.7. The first-order valence-corrected chi connectivity index (χ1v) is 9.98. The molecule has 1 aromatic heterocycles. The molecule has 2 amide bonds. The molecule has 0 unspecified atom stereocenters. The summed E-state index contributed by atoms with van der Waals surface area (Å²) < 4.78 is 5.03. The van der Waals surface area contributed by atoms with Crippen molar-refractivity contribution >= 4 is 17.8 Å². The second-order valence-corrected chi connectivity index (χ2v) is 7.22. The molecule has 1 aromatic rings. The second-order valence-electron chi connectivity index (χ2n) is 7.22. The Bertz CT molecular complexity index is 623. The maximum absolute atomic E-state index is 12.3. The number of rotatable bonds is 5. The van der Waals surface area contributed by atoms with Crippen molar-refractivity contribution in [2.24, 2.45) is 0 Å². The van der Waals surface area contributed by atoms with E-state index in [1.807, 2.05) is 6.92 Å². The standard InChI is InChI=1S/C19H29N5O3/c1-2-27-19(26)24-12-10-15(11-13-24)20-17-9-8-16(22-23-17)18(25)21-14-6-4-3-5-7-14/h8-9,14-15H,2-7,10-13H2,1H3,(H,20,23)(H,21,25). The number of piperidine rings is 1. The molecular weight excluding hydrogens is 346 g/mol. The lowest BCUT2D eigenvalue weighted by molar-refractivity contribution is 0.0921. The number of aromatic nitrogens is 2. The zero-order valence-electron chi connectivity index (χ0n) is 15.9. The Morgan fingerprint density at radius 1 is 1.07 bits per heavy atom. The molecule has 148 valence electrons. The molecule has 0 spiro atoms. The molecule has 2 fully saturated rings. The Hall–Kier alpha value is -2.38. The van der Waals surface area contributed by atoms with Gasteiger partial charge in [-0.25, -0.2) is 4.79 Å². The molecule has 2 aliphatic rings. The minimum Gasteiger partial charge on any atom is -0.450 e. The van der Waals surface area contributed by atoms with Gasteiger partial charge in [-0.3, -0.25) is 4.79 Å². The number of anilines is 1. The highest BCUT2D eigenvalue weighted by molar-refractivity contribution is 5.92. The molecule has 3 rings (SSSR count). The summed E-state index contributed by atoms with van der Waals surface area (Å²) >= 11 is 0. The minimum absolute atomic E-state index is 0.149. The lowest BCUT2D eigenvalue weighted by Crippen LogP contribution is -2.42. The summed E-state index contributed by atoms with van der Waals surface area (Å²) in [6, 6.07) is 3.99. The first-order valence-electron chi connectivity index (χ1n) is 9.98. The van der Waals surface area contributed by atoms with Crippen molar-refractivity contribution in [1.29, 1.82) is 0 Å². The molecule has 0 atom stereocenters. The van der Waals surface area contributed by atoms with Gasteiger partial charge in [0.25, 0.3) is 5.91 Å². The highest BCUT2D eigenvalue weighted by atomic mass is 16.6. The number of carbonyl (C=O) groups is 2.